The van der Waals surface area contributed by atoms with Crippen molar-refractivity contribution in [3.63, 3.8) is 0 Å². The van der Waals surface area contributed by atoms with Gasteiger partial charge in [0, 0.05) is 6.54 Å². The quantitative estimate of drug-likeness (QED) is 0.503. The van der Waals surface area contributed by atoms with Crippen LogP contribution in [0.4, 0.5) is 0 Å². The van der Waals surface area contributed by atoms with E-state index in [1.54, 1.807) is 6.92 Å². The molecule has 0 aromatic carbocycles. The zero-order chi connectivity index (χ0) is 13.4. The zero-order valence-corrected chi connectivity index (χ0v) is 10.5. The molecule has 0 aromatic rings. The number of hydrogen-bond acceptors (Lipinski definition) is 5. The van der Waals surface area contributed by atoms with Crippen molar-refractivity contribution >= 4 is 11.9 Å². The summed E-state index contributed by atoms with van der Waals surface area (Å²) in [5.41, 5.74) is 0. The predicted octanol–water partition coefficient (Wildman–Crippen LogP) is -1.00. The first kappa shape index (κ1) is 14.5. The third kappa shape index (κ3) is 4.35. The number of hydrogen-bond donors (Lipinski definition) is 1. The van der Waals surface area contributed by atoms with E-state index in [1.165, 1.54) is 0 Å². The number of carbonyl (C=O) groups is 2. The SMILES string of the molecule is C#CCN1CCOC[C@@H]1C(=O)NCC(=O)OCC. The summed E-state index contributed by atoms with van der Waals surface area (Å²) in [5, 5.41) is 2.52. The normalized spacial score (nSPS) is 19.9. The Hall–Kier alpha value is -1.58. The Bertz CT molecular complexity index is 337. The average Bonchev–Trinajstić information content (AvgIpc) is 2.37. The second-order valence-electron chi connectivity index (χ2n) is 3.79. The number of carbonyl (C=O) groups excluding carboxylic acids is 2. The van der Waals surface area contributed by atoms with E-state index in [4.69, 9.17) is 15.9 Å². The van der Waals surface area contributed by atoms with Crippen molar-refractivity contribution in [2.45, 2.75) is 13.0 Å². The number of morpholine rings is 1. The second-order valence-corrected chi connectivity index (χ2v) is 3.79. The highest BCUT2D eigenvalue weighted by Gasteiger charge is 2.28. The van der Waals surface area contributed by atoms with Crippen LogP contribution in [0, 0.1) is 12.3 Å². The zero-order valence-electron chi connectivity index (χ0n) is 10.5. The number of terminal acetylenes is 1. The van der Waals surface area contributed by atoms with E-state index in [2.05, 4.69) is 11.2 Å². The van der Waals surface area contributed by atoms with Crippen molar-refractivity contribution in [3.8, 4) is 12.3 Å². The minimum atomic E-state index is -0.453. The number of nitrogens with zero attached hydrogens (tertiary/aromatic N) is 1. The fourth-order valence-electron chi connectivity index (χ4n) is 1.68. The first-order valence-corrected chi connectivity index (χ1v) is 5.87. The van der Waals surface area contributed by atoms with Gasteiger partial charge in [-0.1, -0.05) is 5.92 Å². The molecular weight excluding hydrogens is 236 g/mol. The molecule has 0 saturated carbocycles. The maximum Gasteiger partial charge on any atom is 0.325 e. The molecule has 1 atom stereocenters. The van der Waals surface area contributed by atoms with E-state index in [9.17, 15) is 9.59 Å². The summed E-state index contributed by atoms with van der Waals surface area (Å²) in [4.78, 5) is 24.9. The van der Waals surface area contributed by atoms with Gasteiger partial charge in [-0.05, 0) is 6.92 Å². The monoisotopic (exact) mass is 254 g/mol. The Morgan fingerprint density at radius 3 is 3.06 bits per heavy atom. The molecule has 1 rings (SSSR count). The Morgan fingerprint density at radius 1 is 1.61 bits per heavy atom. The molecule has 0 bridgehead atoms. The van der Waals surface area contributed by atoms with Crippen LogP contribution in [0.25, 0.3) is 0 Å². The van der Waals surface area contributed by atoms with Crippen LogP contribution in [0.15, 0.2) is 0 Å². The van der Waals surface area contributed by atoms with Gasteiger partial charge in [0.25, 0.3) is 0 Å². The number of ether oxygens (including phenoxy) is 2. The lowest BCUT2D eigenvalue weighted by molar-refractivity contribution is -0.144. The maximum absolute atomic E-state index is 11.9. The summed E-state index contributed by atoms with van der Waals surface area (Å²) in [6.45, 7) is 3.73. The standard InChI is InChI=1S/C12H18N2O4/c1-3-5-14-6-7-17-9-10(14)12(16)13-8-11(15)18-4-2/h1,10H,4-9H2,2H3,(H,13,16)/t10-/m1/s1. The molecule has 1 amide bonds. The van der Waals surface area contributed by atoms with Crippen LogP contribution < -0.4 is 5.32 Å². The lowest BCUT2D eigenvalue weighted by Crippen LogP contribution is -2.54. The fourth-order valence-corrected chi connectivity index (χ4v) is 1.68. The first-order valence-electron chi connectivity index (χ1n) is 5.87. The fraction of sp³-hybridized carbons (Fsp3) is 0.667. The third-order valence-electron chi connectivity index (χ3n) is 2.55. The smallest absolute Gasteiger partial charge is 0.325 e. The summed E-state index contributed by atoms with van der Waals surface area (Å²) in [7, 11) is 0. The molecule has 1 heterocycles. The summed E-state index contributed by atoms with van der Waals surface area (Å²) < 4.78 is 9.97. The van der Waals surface area contributed by atoms with E-state index in [-0.39, 0.29) is 19.1 Å². The molecule has 0 spiro atoms. The van der Waals surface area contributed by atoms with E-state index >= 15 is 0 Å². The molecule has 1 aliphatic rings. The Labute approximate surface area is 107 Å². The topological polar surface area (TPSA) is 67.9 Å². The van der Waals surface area contributed by atoms with Crippen LogP contribution in [-0.4, -0.2) is 62.3 Å². The molecule has 1 fully saturated rings. The number of amides is 1. The summed E-state index contributed by atoms with van der Waals surface area (Å²) in [5.74, 6) is 1.79. The van der Waals surface area contributed by atoms with Gasteiger partial charge in [0.05, 0.1) is 26.4 Å². The van der Waals surface area contributed by atoms with E-state index in [0.29, 0.717) is 26.3 Å². The molecule has 1 saturated heterocycles. The molecule has 0 radical (unpaired) electrons. The van der Waals surface area contributed by atoms with Crippen LogP contribution in [0.1, 0.15) is 6.92 Å². The van der Waals surface area contributed by atoms with Crippen molar-refractivity contribution < 1.29 is 19.1 Å². The van der Waals surface area contributed by atoms with Crippen LogP contribution in [0.2, 0.25) is 0 Å². The van der Waals surface area contributed by atoms with Crippen molar-refractivity contribution in [1.29, 1.82) is 0 Å². The largest absolute Gasteiger partial charge is 0.465 e. The van der Waals surface area contributed by atoms with E-state index in [1.807, 2.05) is 4.90 Å². The lowest BCUT2D eigenvalue weighted by Gasteiger charge is -2.32. The van der Waals surface area contributed by atoms with E-state index < -0.39 is 12.0 Å². The third-order valence-corrected chi connectivity index (χ3v) is 2.55. The van der Waals surface area contributed by atoms with E-state index in [0.717, 1.165) is 0 Å². The van der Waals surface area contributed by atoms with Gasteiger partial charge in [0.15, 0.2) is 0 Å². The van der Waals surface area contributed by atoms with Gasteiger partial charge in [-0.2, -0.15) is 0 Å². The maximum atomic E-state index is 11.9. The van der Waals surface area contributed by atoms with Crippen LogP contribution in [0.3, 0.4) is 0 Å². The molecule has 1 N–H and O–H groups in total. The van der Waals surface area contributed by atoms with Crippen LogP contribution in [0.5, 0.6) is 0 Å². The molecular formula is C12H18N2O4. The second kappa shape index (κ2) is 7.69. The Balaban J connectivity index is 2.43. The minimum Gasteiger partial charge on any atom is -0.465 e. The summed E-state index contributed by atoms with van der Waals surface area (Å²) in [6, 6.07) is -0.441. The molecule has 0 unspecified atom stereocenters. The van der Waals surface area contributed by atoms with Gasteiger partial charge in [0.2, 0.25) is 5.91 Å². The average molecular weight is 254 g/mol. The van der Waals surface area contributed by atoms with Gasteiger partial charge in [0.1, 0.15) is 12.6 Å². The summed E-state index contributed by atoms with van der Waals surface area (Å²) >= 11 is 0. The van der Waals surface area contributed by atoms with Gasteiger partial charge >= 0.3 is 5.97 Å². The van der Waals surface area contributed by atoms with Crippen molar-refractivity contribution in [1.82, 2.24) is 10.2 Å². The number of esters is 1. The Morgan fingerprint density at radius 2 is 2.39 bits per heavy atom. The van der Waals surface area contributed by atoms with Crippen molar-refractivity contribution in [2.24, 2.45) is 0 Å². The molecule has 6 heteroatoms. The molecule has 0 aromatic heterocycles. The molecule has 18 heavy (non-hydrogen) atoms. The van der Waals surface area contributed by atoms with Gasteiger partial charge in [-0.15, -0.1) is 6.42 Å². The molecule has 6 nitrogen and oxygen atoms in total. The molecule has 100 valence electrons. The first-order chi connectivity index (χ1) is 8.69. The lowest BCUT2D eigenvalue weighted by atomic mass is 10.2. The molecule has 0 aliphatic carbocycles. The Kier molecular flexibility index (Phi) is 6.19. The van der Waals surface area contributed by atoms with Gasteiger partial charge in [-0.25, -0.2) is 0 Å². The minimum absolute atomic E-state index is 0.132. The predicted molar refractivity (Wildman–Crippen MR) is 64.7 cm³/mol. The van der Waals surface area contributed by atoms with Crippen molar-refractivity contribution in [2.75, 3.05) is 39.5 Å². The highest BCUT2D eigenvalue weighted by atomic mass is 16.5. The number of nitrogens with one attached hydrogen (secondary N) is 1. The van der Waals surface area contributed by atoms with Gasteiger partial charge in [-0.3, -0.25) is 14.5 Å². The highest BCUT2D eigenvalue weighted by Crippen LogP contribution is 2.06. The highest BCUT2D eigenvalue weighted by molar-refractivity contribution is 5.85. The van der Waals surface area contributed by atoms with Crippen molar-refractivity contribution in [3.05, 3.63) is 0 Å². The van der Waals surface area contributed by atoms with Crippen LogP contribution >= 0.6 is 0 Å². The van der Waals surface area contributed by atoms with Crippen LogP contribution in [-0.2, 0) is 19.1 Å². The van der Waals surface area contributed by atoms with Gasteiger partial charge < -0.3 is 14.8 Å². The summed E-state index contributed by atoms with van der Waals surface area (Å²) in [6.07, 6.45) is 5.25. The number of rotatable bonds is 5. The molecule has 1 aliphatic heterocycles.